The van der Waals surface area contributed by atoms with Gasteiger partial charge in [0.1, 0.15) is 0 Å². The van der Waals surface area contributed by atoms with E-state index in [0.717, 1.165) is 0 Å². The van der Waals surface area contributed by atoms with Crippen LogP contribution in [0.25, 0.3) is 0 Å². The van der Waals surface area contributed by atoms with Crippen molar-refractivity contribution in [3.63, 3.8) is 0 Å². The Labute approximate surface area is 49.4 Å². The van der Waals surface area contributed by atoms with Crippen molar-refractivity contribution in [2.45, 2.75) is 0 Å². The minimum atomic E-state index is 0. The molecule has 0 saturated heterocycles. The van der Waals surface area contributed by atoms with E-state index in [1.807, 2.05) is 0 Å². The third-order valence-electron chi connectivity index (χ3n) is 0.303. The fourth-order valence-corrected chi connectivity index (χ4v) is 0.149. The van der Waals surface area contributed by atoms with E-state index in [1.54, 1.807) is 0 Å². The first-order chi connectivity index (χ1) is 2.50. The Morgan fingerprint density at radius 2 is 2.33 bits per heavy atom. The topological polar surface area (TPSA) is 39.9 Å². The molecular weight excluding hydrogens is 250 g/mol. The summed E-state index contributed by atoms with van der Waals surface area (Å²) in [6.45, 7) is 0. The molecule has 1 aromatic heterocycles. The average molecular weight is 252 g/mol. The zero-order valence-electron chi connectivity index (χ0n) is 2.90. The van der Waals surface area contributed by atoms with Gasteiger partial charge in [0.15, 0.2) is 0 Å². The first-order valence-electron chi connectivity index (χ1n) is 1.23. The molecule has 0 aromatic carbocycles. The Hall–Kier alpha value is -0.172. The van der Waals surface area contributed by atoms with Crippen molar-refractivity contribution in [2.75, 3.05) is 0 Å². The standard InChI is InChI=1S/C2H2N3.W/c1-3-2-5-4-1;/h1-2H;/q-1;+2. The monoisotopic (exact) mass is 252 g/mol. The van der Waals surface area contributed by atoms with E-state index in [0.29, 0.717) is 0 Å². The van der Waals surface area contributed by atoms with Gasteiger partial charge in [-0.3, -0.25) is 5.10 Å². The van der Waals surface area contributed by atoms with Crippen LogP contribution in [-0.4, -0.2) is 10.1 Å². The molecule has 3 nitrogen and oxygen atoms in total. The van der Waals surface area contributed by atoms with Crippen LogP contribution in [0.2, 0.25) is 0 Å². The molecule has 6 heavy (non-hydrogen) atoms. The van der Waals surface area contributed by atoms with Crippen LogP contribution >= 0.6 is 0 Å². The third kappa shape index (κ3) is 1.31. The maximum atomic E-state index is 3.50. The zero-order chi connectivity index (χ0) is 3.54. The predicted molar refractivity (Wildman–Crippen MR) is 15.4 cm³/mol. The second kappa shape index (κ2) is 3.04. The van der Waals surface area contributed by atoms with Crippen LogP contribution in [0.3, 0.4) is 0 Å². The predicted octanol–water partition coefficient (Wildman–Crippen LogP) is -0.569. The molecule has 0 saturated carbocycles. The Morgan fingerprint density at radius 1 is 1.50 bits per heavy atom. The largest absolute Gasteiger partial charge is 2.00 e. The number of hydrogen-bond acceptors (Lipinski definition) is 2. The van der Waals surface area contributed by atoms with Crippen LogP contribution in [-0.2, 0) is 21.1 Å². The van der Waals surface area contributed by atoms with E-state index in [1.165, 1.54) is 12.7 Å². The van der Waals surface area contributed by atoms with Crippen molar-refractivity contribution in [1.29, 1.82) is 0 Å². The van der Waals surface area contributed by atoms with Crippen LogP contribution in [0.5, 0.6) is 0 Å². The molecule has 1 aromatic rings. The van der Waals surface area contributed by atoms with Gasteiger partial charge in [-0.1, -0.05) is 6.33 Å². The summed E-state index contributed by atoms with van der Waals surface area (Å²) < 4.78 is 0. The average Bonchev–Trinajstić information content (AvgIpc) is 1.76. The number of hydrogen-bond donors (Lipinski definition) is 0. The number of aromatic nitrogens is 3. The van der Waals surface area contributed by atoms with Crippen LogP contribution in [0, 0.1) is 0 Å². The van der Waals surface area contributed by atoms with Gasteiger partial charge in [-0.05, 0) is 0 Å². The Morgan fingerprint density at radius 3 is 2.50 bits per heavy atom. The van der Waals surface area contributed by atoms with Gasteiger partial charge in [-0.2, -0.15) is 0 Å². The van der Waals surface area contributed by atoms with E-state index >= 15 is 0 Å². The summed E-state index contributed by atoms with van der Waals surface area (Å²) in [5.74, 6) is 0. The minimum absolute atomic E-state index is 0. The van der Waals surface area contributed by atoms with Crippen LogP contribution in [0.15, 0.2) is 12.7 Å². The Balaban J connectivity index is 0.000000250. The van der Waals surface area contributed by atoms with E-state index in [9.17, 15) is 0 Å². The van der Waals surface area contributed by atoms with Gasteiger partial charge < -0.3 is 10.1 Å². The van der Waals surface area contributed by atoms with E-state index < -0.39 is 0 Å². The first-order valence-corrected chi connectivity index (χ1v) is 1.23. The summed E-state index contributed by atoms with van der Waals surface area (Å²) in [6.07, 6.45) is 2.78. The van der Waals surface area contributed by atoms with Gasteiger partial charge in [0.2, 0.25) is 0 Å². The SMILES string of the molecule is [W+2].c1nc[n-]n1. The van der Waals surface area contributed by atoms with Crippen molar-refractivity contribution in [3.8, 4) is 0 Å². The Kier molecular flexibility index (Phi) is 2.95. The molecule has 0 fully saturated rings. The summed E-state index contributed by atoms with van der Waals surface area (Å²) in [5, 5.41) is 6.72. The Bertz CT molecular complexity index is 65.3. The molecule has 0 bridgehead atoms. The van der Waals surface area contributed by atoms with Crippen molar-refractivity contribution in [1.82, 2.24) is 15.2 Å². The van der Waals surface area contributed by atoms with Crippen molar-refractivity contribution in [2.24, 2.45) is 0 Å². The molecule has 0 N–H and O–H groups in total. The smallest absolute Gasteiger partial charge is 0.432 e. The van der Waals surface area contributed by atoms with Crippen LogP contribution in [0.1, 0.15) is 0 Å². The summed E-state index contributed by atoms with van der Waals surface area (Å²) in [7, 11) is 0. The molecule has 0 unspecified atom stereocenters. The minimum Gasteiger partial charge on any atom is -0.432 e. The second-order valence-corrected chi connectivity index (χ2v) is 0.611. The molecule has 0 radical (unpaired) electrons. The quantitative estimate of drug-likeness (QED) is 0.620. The molecule has 4 heteroatoms. The molecule has 0 aliphatic heterocycles. The van der Waals surface area contributed by atoms with E-state index in [-0.39, 0.29) is 21.1 Å². The molecular formula is C2H2N3W+. The molecule has 1 rings (SSSR count). The fourth-order valence-electron chi connectivity index (χ4n) is 0.149. The molecule has 0 aliphatic rings. The zero-order valence-corrected chi connectivity index (χ0v) is 5.84. The maximum absolute atomic E-state index is 3.50. The van der Waals surface area contributed by atoms with Gasteiger partial charge >= 0.3 is 21.1 Å². The van der Waals surface area contributed by atoms with Crippen molar-refractivity contribution >= 4 is 0 Å². The van der Waals surface area contributed by atoms with Crippen LogP contribution < -0.4 is 5.10 Å². The van der Waals surface area contributed by atoms with Crippen molar-refractivity contribution in [3.05, 3.63) is 12.7 Å². The molecule has 1 heterocycles. The summed E-state index contributed by atoms with van der Waals surface area (Å²) >= 11 is 0. The number of nitrogens with zero attached hydrogens (tertiary/aromatic N) is 3. The second-order valence-electron chi connectivity index (χ2n) is 0.611. The molecule has 30 valence electrons. The van der Waals surface area contributed by atoms with Gasteiger partial charge in [0.25, 0.3) is 0 Å². The summed E-state index contributed by atoms with van der Waals surface area (Å²) in [5.41, 5.74) is 0. The van der Waals surface area contributed by atoms with Gasteiger partial charge in [-0.25, -0.2) is 0 Å². The summed E-state index contributed by atoms with van der Waals surface area (Å²) in [4.78, 5) is 3.50. The maximum Gasteiger partial charge on any atom is 2.00 e. The molecule has 0 aliphatic carbocycles. The first kappa shape index (κ1) is 5.83. The van der Waals surface area contributed by atoms with Crippen molar-refractivity contribution < 1.29 is 21.1 Å². The third-order valence-corrected chi connectivity index (χ3v) is 0.303. The van der Waals surface area contributed by atoms with Gasteiger partial charge in [0, 0.05) is 6.33 Å². The fraction of sp³-hybridized carbons (Fsp3) is 0. The van der Waals surface area contributed by atoms with E-state index in [2.05, 4.69) is 15.2 Å². The van der Waals surface area contributed by atoms with Crippen LogP contribution in [0.4, 0.5) is 0 Å². The van der Waals surface area contributed by atoms with E-state index in [4.69, 9.17) is 0 Å². The van der Waals surface area contributed by atoms with Gasteiger partial charge in [0.05, 0.1) is 0 Å². The normalized spacial score (nSPS) is 6.67. The number of rotatable bonds is 0. The van der Waals surface area contributed by atoms with Gasteiger partial charge in [-0.15, -0.1) is 0 Å². The molecule has 0 spiro atoms. The molecule has 0 atom stereocenters. The summed E-state index contributed by atoms with van der Waals surface area (Å²) in [6, 6.07) is 0. The molecule has 0 amide bonds.